The van der Waals surface area contributed by atoms with Gasteiger partial charge in [0.15, 0.2) is 0 Å². The summed E-state index contributed by atoms with van der Waals surface area (Å²) in [5.41, 5.74) is 5.26. The third-order valence-corrected chi connectivity index (χ3v) is 7.19. The zero-order valence-corrected chi connectivity index (χ0v) is 20.4. The molecule has 5 rings (SSSR count). The van der Waals surface area contributed by atoms with Crippen molar-refractivity contribution in [1.82, 2.24) is 15.1 Å². The minimum absolute atomic E-state index is 0.0186. The van der Waals surface area contributed by atoms with Gasteiger partial charge in [-0.3, -0.25) is 4.79 Å². The molecule has 1 heterocycles. The topological polar surface area (TPSA) is 46.9 Å². The summed E-state index contributed by atoms with van der Waals surface area (Å²) >= 11 is 0. The molecule has 1 unspecified atom stereocenters. The van der Waals surface area contributed by atoms with Gasteiger partial charge in [-0.1, -0.05) is 111 Å². The molecule has 0 aliphatic heterocycles. The number of rotatable bonds is 7. The van der Waals surface area contributed by atoms with E-state index in [2.05, 4.69) is 29.6 Å². The molecule has 35 heavy (non-hydrogen) atoms. The lowest BCUT2D eigenvalue weighted by molar-refractivity contribution is 0.0928. The molecule has 0 bridgehead atoms. The van der Waals surface area contributed by atoms with E-state index in [1.54, 1.807) is 0 Å². The number of carbonyl (C=O) groups excluding carboxylic acids is 1. The molecule has 1 aliphatic carbocycles. The number of para-hydroxylation sites is 1. The van der Waals surface area contributed by atoms with E-state index in [0.29, 0.717) is 17.2 Å². The standard InChI is InChI=1S/C31H33N3O/c1-23-29(30(26-18-10-4-11-19-26)33-34(23)27-20-12-5-13-21-27)31(35)32-28(25-16-8-3-9-17-25)22-24-14-6-2-7-15-24/h3-5,8-13,16-21,24,28H,2,6-7,14-15,22H2,1H3,(H,32,35). The first-order valence-electron chi connectivity index (χ1n) is 12.8. The molecule has 1 aliphatic rings. The van der Waals surface area contributed by atoms with Crippen molar-refractivity contribution in [3.05, 3.63) is 108 Å². The summed E-state index contributed by atoms with van der Waals surface area (Å²) < 4.78 is 1.88. The highest BCUT2D eigenvalue weighted by Gasteiger charge is 2.27. The van der Waals surface area contributed by atoms with E-state index in [9.17, 15) is 4.79 Å². The van der Waals surface area contributed by atoms with Crippen LogP contribution in [0.3, 0.4) is 0 Å². The lowest BCUT2D eigenvalue weighted by Gasteiger charge is -2.27. The largest absolute Gasteiger partial charge is 0.345 e. The van der Waals surface area contributed by atoms with Crippen molar-refractivity contribution >= 4 is 5.91 Å². The molecule has 4 nitrogen and oxygen atoms in total. The van der Waals surface area contributed by atoms with E-state index >= 15 is 0 Å². The van der Waals surface area contributed by atoms with E-state index in [4.69, 9.17) is 5.10 Å². The van der Waals surface area contributed by atoms with Crippen molar-refractivity contribution < 1.29 is 4.79 Å². The van der Waals surface area contributed by atoms with Gasteiger partial charge < -0.3 is 5.32 Å². The van der Waals surface area contributed by atoms with Gasteiger partial charge >= 0.3 is 0 Å². The van der Waals surface area contributed by atoms with Gasteiger partial charge in [-0.25, -0.2) is 4.68 Å². The quantitative estimate of drug-likeness (QED) is 0.313. The maximum atomic E-state index is 14.0. The Hall–Kier alpha value is -3.66. The third kappa shape index (κ3) is 5.22. The van der Waals surface area contributed by atoms with Crippen LogP contribution in [0.4, 0.5) is 0 Å². The van der Waals surface area contributed by atoms with Crippen molar-refractivity contribution in [2.75, 3.05) is 0 Å². The average Bonchev–Trinajstić information content (AvgIpc) is 3.27. The van der Waals surface area contributed by atoms with E-state index < -0.39 is 0 Å². The Morgan fingerprint density at radius 3 is 2.14 bits per heavy atom. The zero-order chi connectivity index (χ0) is 24.0. The second-order valence-corrected chi connectivity index (χ2v) is 9.60. The molecule has 0 radical (unpaired) electrons. The second kappa shape index (κ2) is 10.7. The first-order valence-corrected chi connectivity index (χ1v) is 12.8. The van der Waals surface area contributed by atoms with Crippen LogP contribution in [-0.4, -0.2) is 15.7 Å². The van der Waals surface area contributed by atoms with Gasteiger partial charge in [-0.15, -0.1) is 0 Å². The van der Waals surface area contributed by atoms with Gasteiger partial charge in [0.2, 0.25) is 0 Å². The third-order valence-electron chi connectivity index (χ3n) is 7.19. The van der Waals surface area contributed by atoms with Gasteiger partial charge in [-0.2, -0.15) is 5.10 Å². The maximum Gasteiger partial charge on any atom is 0.255 e. The summed E-state index contributed by atoms with van der Waals surface area (Å²) in [4.78, 5) is 14.0. The van der Waals surface area contributed by atoms with Crippen LogP contribution in [0.2, 0.25) is 0 Å². The summed E-state index contributed by atoms with van der Waals surface area (Å²) in [6.07, 6.45) is 7.39. The summed E-state index contributed by atoms with van der Waals surface area (Å²) in [5.74, 6) is 0.587. The summed E-state index contributed by atoms with van der Waals surface area (Å²) in [6, 6.07) is 30.4. The first kappa shape index (κ1) is 23.1. The van der Waals surface area contributed by atoms with Crippen LogP contribution in [0.1, 0.15) is 66.2 Å². The van der Waals surface area contributed by atoms with Crippen molar-refractivity contribution in [3.8, 4) is 16.9 Å². The molecule has 4 heteroatoms. The number of amides is 1. The first-order chi connectivity index (χ1) is 17.2. The molecule has 1 amide bonds. The van der Waals surface area contributed by atoms with Crippen molar-refractivity contribution in [2.24, 2.45) is 5.92 Å². The van der Waals surface area contributed by atoms with E-state index in [-0.39, 0.29) is 11.9 Å². The maximum absolute atomic E-state index is 14.0. The van der Waals surface area contributed by atoms with Crippen LogP contribution in [0.25, 0.3) is 16.9 Å². The summed E-state index contributed by atoms with van der Waals surface area (Å²) in [6.45, 7) is 1.99. The fourth-order valence-electron chi connectivity index (χ4n) is 5.34. The summed E-state index contributed by atoms with van der Waals surface area (Å²) in [7, 11) is 0. The Labute approximate surface area is 208 Å². The monoisotopic (exact) mass is 463 g/mol. The van der Waals surface area contributed by atoms with Crippen molar-refractivity contribution in [1.29, 1.82) is 0 Å². The Bertz CT molecular complexity index is 1240. The fourth-order valence-corrected chi connectivity index (χ4v) is 5.34. The van der Waals surface area contributed by atoms with E-state index in [1.165, 1.54) is 37.7 Å². The van der Waals surface area contributed by atoms with Gasteiger partial charge in [0.25, 0.3) is 5.91 Å². The normalized spacial score (nSPS) is 15.0. The van der Waals surface area contributed by atoms with Gasteiger partial charge in [0, 0.05) is 5.56 Å². The predicted molar refractivity (Wildman–Crippen MR) is 142 cm³/mol. The number of nitrogens with one attached hydrogen (secondary N) is 1. The van der Waals surface area contributed by atoms with Gasteiger partial charge in [0.05, 0.1) is 23.0 Å². The lowest BCUT2D eigenvalue weighted by Crippen LogP contribution is -2.31. The van der Waals surface area contributed by atoms with Crippen LogP contribution < -0.4 is 5.32 Å². The molecule has 1 aromatic heterocycles. The lowest BCUT2D eigenvalue weighted by atomic mass is 9.83. The number of nitrogens with zero attached hydrogens (tertiary/aromatic N) is 2. The van der Waals surface area contributed by atoms with Gasteiger partial charge in [0.1, 0.15) is 5.69 Å². The van der Waals surface area contributed by atoms with Gasteiger partial charge in [-0.05, 0) is 37.0 Å². The van der Waals surface area contributed by atoms with Crippen LogP contribution in [0, 0.1) is 12.8 Å². The molecule has 3 aromatic carbocycles. The number of benzene rings is 3. The number of hydrogen-bond acceptors (Lipinski definition) is 2. The molecule has 1 fully saturated rings. The SMILES string of the molecule is Cc1c(C(=O)NC(CC2CCCCC2)c2ccccc2)c(-c2ccccc2)nn1-c1ccccc1. The Morgan fingerprint density at radius 1 is 0.886 bits per heavy atom. The zero-order valence-electron chi connectivity index (χ0n) is 20.4. The Balaban J connectivity index is 1.52. The minimum Gasteiger partial charge on any atom is -0.345 e. The number of carbonyl (C=O) groups is 1. The fraction of sp³-hybridized carbons (Fsp3) is 0.290. The molecular formula is C31H33N3O. The summed E-state index contributed by atoms with van der Waals surface area (Å²) in [5, 5.41) is 8.34. The molecular weight excluding hydrogens is 430 g/mol. The Morgan fingerprint density at radius 2 is 1.49 bits per heavy atom. The molecule has 0 saturated heterocycles. The van der Waals surface area contributed by atoms with Crippen LogP contribution >= 0.6 is 0 Å². The molecule has 4 aromatic rings. The van der Waals surface area contributed by atoms with Crippen LogP contribution in [-0.2, 0) is 0 Å². The van der Waals surface area contributed by atoms with E-state index in [1.807, 2.05) is 78.3 Å². The van der Waals surface area contributed by atoms with Crippen LogP contribution in [0.15, 0.2) is 91.0 Å². The molecule has 1 atom stereocenters. The predicted octanol–water partition coefficient (Wildman–Crippen LogP) is 7.29. The highest BCUT2D eigenvalue weighted by molar-refractivity contribution is 6.01. The minimum atomic E-state index is -0.0619. The average molecular weight is 464 g/mol. The molecule has 1 N–H and O–H groups in total. The number of hydrogen-bond donors (Lipinski definition) is 1. The molecule has 1 saturated carbocycles. The molecule has 178 valence electrons. The van der Waals surface area contributed by atoms with E-state index in [0.717, 1.165) is 23.4 Å². The highest BCUT2D eigenvalue weighted by atomic mass is 16.1. The van der Waals surface area contributed by atoms with Crippen molar-refractivity contribution in [2.45, 2.75) is 51.5 Å². The van der Waals surface area contributed by atoms with Crippen molar-refractivity contribution in [3.63, 3.8) is 0 Å². The number of aromatic nitrogens is 2. The molecule has 0 spiro atoms. The second-order valence-electron chi connectivity index (χ2n) is 9.60. The highest BCUT2D eigenvalue weighted by Crippen LogP contribution is 2.33. The Kier molecular flexibility index (Phi) is 7.08. The van der Waals surface area contributed by atoms with Crippen LogP contribution in [0.5, 0.6) is 0 Å². The smallest absolute Gasteiger partial charge is 0.255 e.